The third-order valence-electron chi connectivity index (χ3n) is 5.27. The second kappa shape index (κ2) is 2.98. The molecule has 0 saturated carbocycles. The van der Waals surface area contributed by atoms with E-state index in [-0.39, 0.29) is 11.0 Å². The van der Waals surface area contributed by atoms with Crippen molar-refractivity contribution < 1.29 is 4.57 Å². The molecule has 2 aliphatic rings. The van der Waals surface area contributed by atoms with Crippen LogP contribution in [0.25, 0.3) is 11.4 Å². The lowest BCUT2D eigenvalue weighted by Gasteiger charge is -2.54. The molecule has 1 aliphatic carbocycles. The Morgan fingerprint density at radius 2 is 1.95 bits per heavy atom. The van der Waals surface area contributed by atoms with Crippen LogP contribution in [0.2, 0.25) is 0 Å². The fourth-order valence-corrected chi connectivity index (χ4v) is 3.91. The summed E-state index contributed by atoms with van der Waals surface area (Å²) in [4.78, 5) is 0. The minimum Gasteiger partial charge on any atom is -0.220 e. The molecular formula is C16H18N3+. The Morgan fingerprint density at radius 1 is 1.21 bits per heavy atom. The van der Waals surface area contributed by atoms with E-state index >= 15 is 0 Å². The average molecular weight is 252 g/mol. The molecule has 2 unspecified atom stereocenters. The van der Waals surface area contributed by atoms with Gasteiger partial charge in [-0.2, -0.15) is 0 Å². The summed E-state index contributed by atoms with van der Waals surface area (Å²) in [5.74, 6) is 1.07. The molecule has 1 aliphatic heterocycles. The van der Waals surface area contributed by atoms with Gasteiger partial charge in [0.2, 0.25) is 6.33 Å². The Labute approximate surface area is 113 Å². The largest absolute Gasteiger partial charge is 0.309 e. The molecule has 0 fully saturated rings. The number of benzene rings is 1. The number of allylic oxidation sites excluding steroid dienone is 2. The fraction of sp³-hybridized carbons (Fsp3) is 0.375. The fourth-order valence-electron chi connectivity index (χ4n) is 3.91. The van der Waals surface area contributed by atoms with Gasteiger partial charge in [-0.05, 0) is 38.5 Å². The van der Waals surface area contributed by atoms with Crippen LogP contribution in [-0.4, -0.2) is 9.78 Å². The van der Waals surface area contributed by atoms with Crippen LogP contribution in [0.4, 0.5) is 0 Å². The number of nitrogens with zero attached hydrogens (tertiary/aromatic N) is 3. The van der Waals surface area contributed by atoms with Gasteiger partial charge >= 0.3 is 5.82 Å². The lowest BCUT2D eigenvalue weighted by atomic mass is 9.52. The smallest absolute Gasteiger partial charge is 0.220 e. The van der Waals surface area contributed by atoms with E-state index in [9.17, 15) is 0 Å². The minimum absolute atomic E-state index is 0.00493. The van der Waals surface area contributed by atoms with Gasteiger partial charge in [0, 0.05) is 5.10 Å². The van der Waals surface area contributed by atoms with Crippen molar-refractivity contribution in [2.45, 2.75) is 31.7 Å². The highest BCUT2D eigenvalue weighted by Gasteiger charge is 2.61. The van der Waals surface area contributed by atoms with Crippen molar-refractivity contribution in [3.05, 3.63) is 47.8 Å². The topological polar surface area (TPSA) is 21.7 Å². The monoisotopic (exact) mass is 252 g/mol. The van der Waals surface area contributed by atoms with Gasteiger partial charge in [0.15, 0.2) is 0 Å². The van der Waals surface area contributed by atoms with E-state index < -0.39 is 0 Å². The summed E-state index contributed by atoms with van der Waals surface area (Å²) in [5.41, 5.74) is 4.18. The maximum atomic E-state index is 4.66. The maximum Gasteiger partial charge on any atom is 0.309 e. The molecule has 3 heteroatoms. The van der Waals surface area contributed by atoms with Crippen molar-refractivity contribution in [2.24, 2.45) is 7.05 Å². The Balaban J connectivity index is 2.17. The molecular weight excluding hydrogens is 234 g/mol. The first-order valence-corrected chi connectivity index (χ1v) is 6.74. The first-order chi connectivity index (χ1) is 8.98. The molecule has 0 N–H and O–H groups in total. The number of aryl methyl sites for hydroxylation is 1. The maximum absolute atomic E-state index is 4.66. The van der Waals surface area contributed by atoms with Gasteiger partial charge in [0.1, 0.15) is 5.54 Å². The second-order valence-corrected chi connectivity index (χ2v) is 6.13. The van der Waals surface area contributed by atoms with Crippen molar-refractivity contribution in [1.82, 2.24) is 9.78 Å². The van der Waals surface area contributed by atoms with Gasteiger partial charge in [0.05, 0.1) is 18.0 Å². The molecule has 2 aromatic rings. The number of fused-ring (bicyclic) bond motifs is 6. The number of aromatic nitrogens is 3. The Bertz CT molecular complexity index is 740. The van der Waals surface area contributed by atoms with Crippen molar-refractivity contribution in [3.63, 3.8) is 0 Å². The molecule has 1 aromatic carbocycles. The van der Waals surface area contributed by atoms with Crippen molar-refractivity contribution in [1.29, 1.82) is 0 Å². The summed E-state index contributed by atoms with van der Waals surface area (Å²) >= 11 is 0. The van der Waals surface area contributed by atoms with Crippen LogP contribution in [0.5, 0.6) is 0 Å². The molecule has 0 bridgehead atoms. The first-order valence-electron chi connectivity index (χ1n) is 6.74. The van der Waals surface area contributed by atoms with Crippen LogP contribution in [0.1, 0.15) is 26.3 Å². The normalized spacial score (nSPS) is 30.8. The van der Waals surface area contributed by atoms with Gasteiger partial charge in [-0.1, -0.05) is 23.8 Å². The molecule has 0 amide bonds. The summed E-state index contributed by atoms with van der Waals surface area (Å²) < 4.78 is 4.23. The Hall–Kier alpha value is -1.90. The molecule has 3 nitrogen and oxygen atoms in total. The zero-order valence-corrected chi connectivity index (χ0v) is 11.8. The SMILES string of the molecule is CC1=CC2(C)[n+]3cn(C)nc3-c3ccccc3C12C. The predicted octanol–water partition coefficient (Wildman–Crippen LogP) is 2.32. The third-order valence-corrected chi connectivity index (χ3v) is 5.27. The van der Waals surface area contributed by atoms with E-state index in [1.54, 1.807) is 0 Å². The van der Waals surface area contributed by atoms with E-state index in [1.165, 1.54) is 16.7 Å². The van der Waals surface area contributed by atoms with E-state index in [0.717, 1.165) is 5.82 Å². The highest BCUT2D eigenvalue weighted by atomic mass is 15.4. The third kappa shape index (κ3) is 0.982. The quantitative estimate of drug-likeness (QED) is 0.521. The van der Waals surface area contributed by atoms with Gasteiger partial charge < -0.3 is 0 Å². The van der Waals surface area contributed by atoms with Crippen LogP contribution in [0, 0.1) is 0 Å². The van der Waals surface area contributed by atoms with Crippen LogP contribution in [-0.2, 0) is 18.0 Å². The number of rotatable bonds is 0. The molecule has 4 rings (SSSR count). The molecule has 0 spiro atoms. The lowest BCUT2D eigenvalue weighted by Crippen LogP contribution is -2.71. The number of hydrogen-bond donors (Lipinski definition) is 0. The standard InChI is InChI=1S/C16H18N3/c1-11-9-15(2)16(11,3)13-8-6-5-7-12(13)14-17-18(4)10-19(14)15/h5-10H,1-4H3/q+1. The van der Waals surface area contributed by atoms with Crippen LogP contribution < -0.4 is 4.57 Å². The van der Waals surface area contributed by atoms with E-state index in [2.05, 4.69) is 67.1 Å². The van der Waals surface area contributed by atoms with Crippen molar-refractivity contribution >= 4 is 0 Å². The van der Waals surface area contributed by atoms with Crippen LogP contribution in [0.3, 0.4) is 0 Å². The Morgan fingerprint density at radius 3 is 2.68 bits per heavy atom. The zero-order chi connectivity index (χ0) is 13.4. The molecule has 2 atom stereocenters. The lowest BCUT2D eigenvalue weighted by molar-refractivity contribution is -0.755. The molecule has 19 heavy (non-hydrogen) atoms. The van der Waals surface area contributed by atoms with Crippen molar-refractivity contribution in [2.75, 3.05) is 0 Å². The minimum atomic E-state index is -0.00493. The summed E-state index contributed by atoms with van der Waals surface area (Å²) in [6.07, 6.45) is 4.47. The van der Waals surface area contributed by atoms with Gasteiger partial charge in [-0.3, -0.25) is 0 Å². The second-order valence-electron chi connectivity index (χ2n) is 6.13. The van der Waals surface area contributed by atoms with E-state index in [1.807, 2.05) is 11.7 Å². The molecule has 96 valence electrons. The first kappa shape index (κ1) is 11.0. The molecule has 2 heterocycles. The Kier molecular flexibility index (Phi) is 1.72. The highest BCUT2D eigenvalue weighted by Crippen LogP contribution is 2.56. The zero-order valence-electron chi connectivity index (χ0n) is 11.8. The average Bonchev–Trinajstić information content (AvgIpc) is 2.79. The molecule has 1 aromatic heterocycles. The highest BCUT2D eigenvalue weighted by molar-refractivity contribution is 5.67. The molecule has 0 saturated heterocycles. The van der Waals surface area contributed by atoms with Crippen LogP contribution >= 0.6 is 0 Å². The van der Waals surface area contributed by atoms with Crippen molar-refractivity contribution in [3.8, 4) is 11.4 Å². The predicted molar refractivity (Wildman–Crippen MR) is 73.6 cm³/mol. The molecule has 0 radical (unpaired) electrons. The van der Waals surface area contributed by atoms with Gasteiger partial charge in [-0.15, -0.1) is 4.68 Å². The van der Waals surface area contributed by atoms with E-state index in [4.69, 9.17) is 0 Å². The summed E-state index contributed by atoms with van der Waals surface area (Å²) in [6, 6.07) is 8.67. The summed E-state index contributed by atoms with van der Waals surface area (Å²) in [7, 11) is 1.99. The van der Waals surface area contributed by atoms with Gasteiger partial charge in [-0.25, -0.2) is 4.57 Å². The van der Waals surface area contributed by atoms with Gasteiger partial charge in [0.25, 0.3) is 0 Å². The summed E-state index contributed by atoms with van der Waals surface area (Å²) in [5, 5.41) is 4.66. The van der Waals surface area contributed by atoms with Crippen LogP contribution in [0.15, 0.2) is 42.2 Å². The number of hydrogen-bond acceptors (Lipinski definition) is 1. The summed E-state index contributed by atoms with van der Waals surface area (Å²) in [6.45, 7) is 6.89. The van der Waals surface area contributed by atoms with E-state index in [0.29, 0.717) is 0 Å².